The molecule has 1 N–H and O–H groups in total. The Morgan fingerprint density at radius 3 is 2.82 bits per heavy atom. The molecule has 0 aliphatic carbocycles. The quantitative estimate of drug-likeness (QED) is 0.684. The van der Waals surface area contributed by atoms with Crippen LogP contribution < -0.4 is 5.32 Å². The molecule has 1 fully saturated rings. The number of halogens is 1. The first kappa shape index (κ1) is 11.2. The zero-order valence-corrected chi connectivity index (χ0v) is 8.25. The maximum atomic E-state index is 3.44. The van der Waals surface area contributed by atoms with Gasteiger partial charge in [-0.25, -0.2) is 0 Å². The van der Waals surface area contributed by atoms with Gasteiger partial charge in [0.25, 0.3) is 0 Å². The molecule has 11 heavy (non-hydrogen) atoms. The molecule has 1 saturated heterocycles. The Kier molecular flexibility index (Phi) is 7.09. The molecule has 0 spiro atoms. The summed E-state index contributed by atoms with van der Waals surface area (Å²) in [5, 5.41) is 3.44. The van der Waals surface area contributed by atoms with Crippen LogP contribution in [-0.2, 0) is 0 Å². The first-order valence-corrected chi connectivity index (χ1v) is 4.64. The minimum absolute atomic E-state index is 0. The van der Waals surface area contributed by atoms with Gasteiger partial charge in [0.15, 0.2) is 0 Å². The molecule has 1 aliphatic heterocycles. The van der Waals surface area contributed by atoms with Crippen LogP contribution in [0.2, 0.25) is 0 Å². The van der Waals surface area contributed by atoms with Gasteiger partial charge < -0.3 is 5.32 Å². The fourth-order valence-corrected chi connectivity index (χ4v) is 1.79. The molecule has 1 atom stereocenters. The lowest BCUT2D eigenvalue weighted by atomic mass is 9.96. The topological polar surface area (TPSA) is 12.0 Å². The zero-order chi connectivity index (χ0) is 7.23. The molecule has 0 aromatic carbocycles. The molecule has 0 radical (unpaired) electrons. The molecule has 68 valence electrons. The molecular weight excluding hydrogens is 158 g/mol. The predicted octanol–water partition coefficient (Wildman–Crippen LogP) is 2.60. The van der Waals surface area contributed by atoms with Crippen molar-refractivity contribution in [1.82, 2.24) is 5.32 Å². The lowest BCUT2D eigenvalue weighted by Crippen LogP contribution is -2.13. The maximum Gasteiger partial charge on any atom is -0.00463 e. The second-order valence-corrected chi connectivity index (χ2v) is 3.34. The molecule has 1 heterocycles. The third-order valence-corrected chi connectivity index (χ3v) is 2.39. The van der Waals surface area contributed by atoms with E-state index in [-0.39, 0.29) is 12.4 Å². The fraction of sp³-hybridized carbons (Fsp3) is 1.00. The van der Waals surface area contributed by atoms with Crippen molar-refractivity contribution in [2.45, 2.75) is 39.0 Å². The smallest absolute Gasteiger partial charge is 0.00463 e. The molecule has 0 bridgehead atoms. The van der Waals surface area contributed by atoms with Crippen molar-refractivity contribution in [3.05, 3.63) is 0 Å². The first-order chi connectivity index (χ1) is 4.93. The van der Waals surface area contributed by atoms with E-state index in [1.54, 1.807) is 0 Å². The number of rotatable bonds is 2. The average Bonchev–Trinajstić information content (AvgIpc) is 2.17. The Labute approximate surface area is 76.4 Å². The maximum absolute atomic E-state index is 3.44. The van der Waals surface area contributed by atoms with E-state index in [0.717, 1.165) is 5.92 Å². The van der Waals surface area contributed by atoms with Crippen molar-refractivity contribution in [3.8, 4) is 0 Å². The van der Waals surface area contributed by atoms with E-state index in [1.807, 2.05) is 0 Å². The van der Waals surface area contributed by atoms with Crippen LogP contribution >= 0.6 is 12.4 Å². The normalized spacial score (nSPS) is 25.4. The number of hydrogen-bond donors (Lipinski definition) is 1. The van der Waals surface area contributed by atoms with Gasteiger partial charge in [0.05, 0.1) is 0 Å². The van der Waals surface area contributed by atoms with E-state index in [0.29, 0.717) is 0 Å². The van der Waals surface area contributed by atoms with Crippen molar-refractivity contribution in [2.75, 3.05) is 13.1 Å². The van der Waals surface area contributed by atoms with Crippen LogP contribution in [0.25, 0.3) is 0 Å². The largest absolute Gasteiger partial charge is 0.317 e. The summed E-state index contributed by atoms with van der Waals surface area (Å²) >= 11 is 0. The summed E-state index contributed by atoms with van der Waals surface area (Å²) < 4.78 is 0. The van der Waals surface area contributed by atoms with Crippen LogP contribution in [0.3, 0.4) is 0 Å². The van der Waals surface area contributed by atoms with Crippen LogP contribution in [0.1, 0.15) is 39.0 Å². The van der Waals surface area contributed by atoms with E-state index in [4.69, 9.17) is 0 Å². The average molecular weight is 178 g/mol. The van der Waals surface area contributed by atoms with Gasteiger partial charge in [-0.1, -0.05) is 19.8 Å². The number of hydrogen-bond acceptors (Lipinski definition) is 1. The first-order valence-electron chi connectivity index (χ1n) is 4.64. The molecule has 1 nitrogen and oxygen atoms in total. The van der Waals surface area contributed by atoms with E-state index in [2.05, 4.69) is 12.2 Å². The van der Waals surface area contributed by atoms with E-state index < -0.39 is 0 Å². The standard InChI is InChI=1S/C9H19N.ClH/c1-2-4-9-5-3-7-10-8-6-9;/h9-10H,2-8H2,1H3;1H. The molecule has 0 amide bonds. The van der Waals surface area contributed by atoms with Gasteiger partial charge in [-0.05, 0) is 38.3 Å². The van der Waals surface area contributed by atoms with E-state index in [9.17, 15) is 0 Å². The van der Waals surface area contributed by atoms with E-state index >= 15 is 0 Å². The SMILES string of the molecule is CCCC1CCCNCC1.Cl. The number of nitrogens with one attached hydrogen (secondary N) is 1. The van der Waals surface area contributed by atoms with Crippen molar-refractivity contribution in [3.63, 3.8) is 0 Å². The van der Waals surface area contributed by atoms with Gasteiger partial charge in [0.2, 0.25) is 0 Å². The lowest BCUT2D eigenvalue weighted by molar-refractivity contribution is 0.434. The Morgan fingerprint density at radius 2 is 2.09 bits per heavy atom. The summed E-state index contributed by atoms with van der Waals surface area (Å²) in [5.74, 6) is 1.03. The third kappa shape index (κ3) is 4.65. The van der Waals surface area contributed by atoms with Crippen molar-refractivity contribution in [1.29, 1.82) is 0 Å². The minimum Gasteiger partial charge on any atom is -0.317 e. The summed E-state index contributed by atoms with van der Waals surface area (Å²) in [6.07, 6.45) is 7.08. The van der Waals surface area contributed by atoms with Crippen LogP contribution in [-0.4, -0.2) is 13.1 Å². The minimum atomic E-state index is 0. The fourth-order valence-electron chi connectivity index (χ4n) is 1.79. The molecular formula is C9H20ClN. The highest BCUT2D eigenvalue weighted by atomic mass is 35.5. The zero-order valence-electron chi connectivity index (χ0n) is 7.44. The van der Waals surface area contributed by atoms with Crippen LogP contribution in [0, 0.1) is 5.92 Å². The molecule has 1 unspecified atom stereocenters. The van der Waals surface area contributed by atoms with E-state index in [1.165, 1.54) is 45.2 Å². The summed E-state index contributed by atoms with van der Waals surface area (Å²) in [6.45, 7) is 4.79. The van der Waals surface area contributed by atoms with Crippen molar-refractivity contribution < 1.29 is 0 Å². The summed E-state index contributed by atoms with van der Waals surface area (Å²) in [5.41, 5.74) is 0. The van der Waals surface area contributed by atoms with Gasteiger partial charge in [0.1, 0.15) is 0 Å². The highest BCUT2D eigenvalue weighted by molar-refractivity contribution is 5.85. The Hall–Kier alpha value is 0.250. The molecule has 2 heteroatoms. The molecule has 1 aliphatic rings. The summed E-state index contributed by atoms with van der Waals surface area (Å²) in [6, 6.07) is 0. The van der Waals surface area contributed by atoms with Crippen LogP contribution in [0.15, 0.2) is 0 Å². The van der Waals surface area contributed by atoms with Gasteiger partial charge in [-0.3, -0.25) is 0 Å². The molecule has 0 aromatic heterocycles. The van der Waals surface area contributed by atoms with Gasteiger partial charge in [-0.15, -0.1) is 12.4 Å². The molecule has 1 rings (SSSR count). The Morgan fingerprint density at radius 1 is 1.27 bits per heavy atom. The van der Waals surface area contributed by atoms with Crippen molar-refractivity contribution in [2.24, 2.45) is 5.92 Å². The van der Waals surface area contributed by atoms with Gasteiger partial charge in [-0.2, -0.15) is 0 Å². The van der Waals surface area contributed by atoms with Crippen LogP contribution in [0.4, 0.5) is 0 Å². The monoisotopic (exact) mass is 177 g/mol. The van der Waals surface area contributed by atoms with Gasteiger partial charge in [0, 0.05) is 0 Å². The second kappa shape index (κ2) is 6.93. The Bertz CT molecular complexity index is 77.6. The summed E-state index contributed by atoms with van der Waals surface area (Å²) in [4.78, 5) is 0. The van der Waals surface area contributed by atoms with Crippen LogP contribution in [0.5, 0.6) is 0 Å². The highest BCUT2D eigenvalue weighted by Crippen LogP contribution is 2.18. The molecule has 0 aromatic rings. The highest BCUT2D eigenvalue weighted by Gasteiger charge is 2.09. The lowest BCUT2D eigenvalue weighted by Gasteiger charge is -2.10. The third-order valence-electron chi connectivity index (χ3n) is 2.39. The second-order valence-electron chi connectivity index (χ2n) is 3.34. The summed E-state index contributed by atoms with van der Waals surface area (Å²) in [7, 11) is 0. The van der Waals surface area contributed by atoms with Crippen molar-refractivity contribution >= 4 is 12.4 Å². The molecule has 0 saturated carbocycles. The Balaban J connectivity index is 0.000001000. The van der Waals surface area contributed by atoms with Gasteiger partial charge >= 0.3 is 0 Å². The predicted molar refractivity (Wildman–Crippen MR) is 52.4 cm³/mol.